The Hall–Kier alpha value is -0.520. The van der Waals surface area contributed by atoms with Crippen LogP contribution in [0.5, 0.6) is 0 Å². The monoisotopic (exact) mass is 272 g/mol. The first-order chi connectivity index (χ1) is 7.24. The van der Waals surface area contributed by atoms with Crippen LogP contribution in [0.4, 0.5) is 0 Å². The molecule has 0 saturated carbocycles. The first-order valence-corrected chi connectivity index (χ1v) is 5.95. The maximum Gasteiger partial charge on any atom is 0.206 e. The standard InChI is InChI=1S/C10H13BrN2O2/c1-6-14-10(15-6)8-4-12-9-3-2-7(11)5-13(8)9/h4-6,9-10,12H,2-3H2,1H3. The van der Waals surface area contributed by atoms with E-state index in [4.69, 9.17) is 9.47 Å². The molecule has 5 heteroatoms. The van der Waals surface area contributed by atoms with Gasteiger partial charge >= 0.3 is 0 Å². The number of nitrogens with one attached hydrogen (secondary N) is 1. The van der Waals surface area contributed by atoms with Gasteiger partial charge in [0.15, 0.2) is 6.29 Å². The van der Waals surface area contributed by atoms with Gasteiger partial charge in [0.2, 0.25) is 6.29 Å². The van der Waals surface area contributed by atoms with Crippen LogP contribution in [0.3, 0.4) is 0 Å². The Kier molecular flexibility index (Phi) is 2.26. The van der Waals surface area contributed by atoms with E-state index >= 15 is 0 Å². The maximum absolute atomic E-state index is 5.49. The second-order valence-electron chi connectivity index (χ2n) is 3.95. The molecule has 4 nitrogen and oxygen atoms in total. The fourth-order valence-corrected chi connectivity index (χ4v) is 2.53. The number of halogens is 1. The zero-order valence-corrected chi connectivity index (χ0v) is 10.0. The van der Waals surface area contributed by atoms with Crippen molar-refractivity contribution in [3.63, 3.8) is 0 Å². The molecule has 0 aromatic heterocycles. The second kappa shape index (κ2) is 3.50. The van der Waals surface area contributed by atoms with Gasteiger partial charge in [0.05, 0.1) is 5.70 Å². The van der Waals surface area contributed by atoms with Crippen molar-refractivity contribution >= 4 is 15.9 Å². The van der Waals surface area contributed by atoms with E-state index in [0.717, 1.165) is 18.5 Å². The Morgan fingerprint density at radius 2 is 2.33 bits per heavy atom. The van der Waals surface area contributed by atoms with Crippen LogP contribution in [-0.2, 0) is 9.47 Å². The molecule has 0 aromatic carbocycles. The molecule has 3 rings (SSSR count). The summed E-state index contributed by atoms with van der Waals surface area (Å²) in [5.41, 5.74) is 1.06. The highest BCUT2D eigenvalue weighted by Crippen LogP contribution is 2.34. The van der Waals surface area contributed by atoms with Crippen molar-refractivity contribution in [2.45, 2.75) is 38.5 Å². The van der Waals surface area contributed by atoms with Gasteiger partial charge in [-0.05, 0) is 19.8 Å². The number of hydrogen-bond donors (Lipinski definition) is 1. The van der Waals surface area contributed by atoms with Crippen molar-refractivity contribution in [2.75, 3.05) is 0 Å². The molecule has 1 saturated heterocycles. The van der Waals surface area contributed by atoms with E-state index in [2.05, 4.69) is 32.3 Å². The largest absolute Gasteiger partial charge is 0.369 e. The average molecular weight is 273 g/mol. The molecule has 0 amide bonds. The second-order valence-corrected chi connectivity index (χ2v) is 4.96. The highest BCUT2D eigenvalue weighted by atomic mass is 79.9. The van der Waals surface area contributed by atoms with Crippen molar-refractivity contribution in [1.29, 1.82) is 0 Å². The summed E-state index contributed by atoms with van der Waals surface area (Å²) in [4.78, 5) is 2.18. The quantitative estimate of drug-likeness (QED) is 0.790. The van der Waals surface area contributed by atoms with Crippen molar-refractivity contribution in [1.82, 2.24) is 10.2 Å². The van der Waals surface area contributed by atoms with E-state index in [0.29, 0.717) is 6.17 Å². The molecular formula is C10H13BrN2O2. The smallest absolute Gasteiger partial charge is 0.206 e. The molecule has 15 heavy (non-hydrogen) atoms. The lowest BCUT2D eigenvalue weighted by Gasteiger charge is -2.39. The predicted octanol–water partition coefficient (Wildman–Crippen LogP) is 1.81. The molecule has 0 radical (unpaired) electrons. The van der Waals surface area contributed by atoms with Gasteiger partial charge in [-0.3, -0.25) is 0 Å². The summed E-state index contributed by atoms with van der Waals surface area (Å²) in [6, 6.07) is 0. The summed E-state index contributed by atoms with van der Waals surface area (Å²) in [5, 5.41) is 3.33. The fraction of sp³-hybridized carbons (Fsp3) is 0.600. The van der Waals surface area contributed by atoms with Gasteiger partial charge in [-0.15, -0.1) is 0 Å². The molecule has 1 fully saturated rings. The van der Waals surface area contributed by atoms with Crippen LogP contribution in [0.2, 0.25) is 0 Å². The van der Waals surface area contributed by atoms with E-state index in [-0.39, 0.29) is 12.6 Å². The Balaban J connectivity index is 1.77. The third-order valence-electron chi connectivity index (χ3n) is 2.87. The van der Waals surface area contributed by atoms with E-state index in [1.807, 2.05) is 13.1 Å². The third-order valence-corrected chi connectivity index (χ3v) is 3.47. The number of hydrogen-bond acceptors (Lipinski definition) is 4. The van der Waals surface area contributed by atoms with Crippen molar-refractivity contribution < 1.29 is 9.47 Å². The van der Waals surface area contributed by atoms with Crippen molar-refractivity contribution in [2.24, 2.45) is 0 Å². The summed E-state index contributed by atoms with van der Waals surface area (Å²) >= 11 is 3.54. The molecule has 1 N–H and O–H groups in total. The maximum atomic E-state index is 5.49. The van der Waals surface area contributed by atoms with E-state index < -0.39 is 0 Å². The number of rotatable bonds is 1. The highest BCUT2D eigenvalue weighted by molar-refractivity contribution is 9.11. The van der Waals surface area contributed by atoms with Gasteiger partial charge < -0.3 is 19.7 Å². The normalized spacial score (nSPS) is 38.8. The predicted molar refractivity (Wildman–Crippen MR) is 58.5 cm³/mol. The van der Waals surface area contributed by atoms with Crippen LogP contribution in [0.25, 0.3) is 0 Å². The molecule has 0 aromatic rings. The lowest BCUT2D eigenvalue weighted by molar-refractivity contribution is -0.363. The molecule has 0 aliphatic carbocycles. The molecule has 1 atom stereocenters. The summed E-state index contributed by atoms with van der Waals surface area (Å²) in [7, 11) is 0. The Bertz CT molecular complexity index is 336. The SMILES string of the molecule is CC1OC(C2=CNC3CCC(Br)=CN23)O1. The molecule has 3 heterocycles. The van der Waals surface area contributed by atoms with Crippen molar-refractivity contribution in [3.05, 3.63) is 22.6 Å². The zero-order chi connectivity index (χ0) is 10.4. The van der Waals surface area contributed by atoms with Gasteiger partial charge in [0, 0.05) is 16.9 Å². The van der Waals surface area contributed by atoms with Gasteiger partial charge in [-0.1, -0.05) is 15.9 Å². The van der Waals surface area contributed by atoms with Crippen molar-refractivity contribution in [3.8, 4) is 0 Å². The fourth-order valence-electron chi connectivity index (χ4n) is 2.08. The third kappa shape index (κ3) is 1.58. The summed E-state index contributed by atoms with van der Waals surface area (Å²) in [5.74, 6) is 0. The summed E-state index contributed by atoms with van der Waals surface area (Å²) in [6.45, 7) is 1.90. The van der Waals surface area contributed by atoms with Crippen LogP contribution in [0.15, 0.2) is 22.6 Å². The number of allylic oxidation sites excluding steroid dienone is 1. The Morgan fingerprint density at radius 1 is 1.53 bits per heavy atom. The van der Waals surface area contributed by atoms with Gasteiger partial charge in [0.1, 0.15) is 6.17 Å². The number of ether oxygens (including phenoxy) is 2. The molecule has 82 valence electrons. The van der Waals surface area contributed by atoms with E-state index in [1.54, 1.807) is 0 Å². The number of fused-ring (bicyclic) bond motifs is 1. The first-order valence-electron chi connectivity index (χ1n) is 5.15. The number of nitrogens with zero attached hydrogens (tertiary/aromatic N) is 1. The van der Waals surface area contributed by atoms with E-state index in [9.17, 15) is 0 Å². The topological polar surface area (TPSA) is 33.7 Å². The van der Waals surface area contributed by atoms with Gasteiger partial charge in [-0.2, -0.15) is 0 Å². The highest BCUT2D eigenvalue weighted by Gasteiger charge is 2.38. The minimum atomic E-state index is -0.202. The van der Waals surface area contributed by atoms with Gasteiger partial charge in [-0.25, -0.2) is 0 Å². The average Bonchev–Trinajstić information content (AvgIpc) is 2.56. The minimum absolute atomic E-state index is 0.0767. The first kappa shape index (κ1) is 9.69. The molecule has 3 aliphatic rings. The van der Waals surface area contributed by atoms with Crippen LogP contribution >= 0.6 is 15.9 Å². The summed E-state index contributed by atoms with van der Waals surface area (Å²) < 4.78 is 12.2. The molecule has 0 bridgehead atoms. The Morgan fingerprint density at radius 3 is 3.07 bits per heavy atom. The Labute approximate surface area is 97.0 Å². The molecular weight excluding hydrogens is 260 g/mol. The van der Waals surface area contributed by atoms with Crippen LogP contribution < -0.4 is 5.32 Å². The lowest BCUT2D eigenvalue weighted by atomic mass is 10.2. The lowest BCUT2D eigenvalue weighted by Crippen LogP contribution is -2.45. The summed E-state index contributed by atoms with van der Waals surface area (Å²) in [6.07, 6.45) is 6.36. The minimum Gasteiger partial charge on any atom is -0.369 e. The molecule has 3 aliphatic heterocycles. The van der Waals surface area contributed by atoms with Crippen LogP contribution in [0.1, 0.15) is 19.8 Å². The zero-order valence-electron chi connectivity index (χ0n) is 8.44. The van der Waals surface area contributed by atoms with Crippen LogP contribution in [-0.4, -0.2) is 23.6 Å². The van der Waals surface area contributed by atoms with E-state index in [1.165, 1.54) is 4.48 Å². The van der Waals surface area contributed by atoms with Crippen LogP contribution in [0, 0.1) is 0 Å². The molecule has 0 spiro atoms. The molecule has 1 unspecified atom stereocenters. The van der Waals surface area contributed by atoms with Gasteiger partial charge in [0.25, 0.3) is 0 Å².